The van der Waals surface area contributed by atoms with Gasteiger partial charge in [0.05, 0.1) is 7.11 Å². The lowest BCUT2D eigenvalue weighted by molar-refractivity contribution is 0.414. The molecule has 0 saturated heterocycles. The van der Waals surface area contributed by atoms with E-state index in [0.717, 1.165) is 12.3 Å². The minimum Gasteiger partial charge on any atom is -0.497 e. The molecule has 2 heteroatoms. The molecule has 0 amide bonds. The molecule has 1 N–H and O–H groups in total. The van der Waals surface area contributed by atoms with Crippen LogP contribution in [0, 0.1) is 0 Å². The van der Waals surface area contributed by atoms with Gasteiger partial charge in [0.1, 0.15) is 5.75 Å². The van der Waals surface area contributed by atoms with Crippen molar-refractivity contribution in [1.82, 2.24) is 5.32 Å². The maximum atomic E-state index is 5.11. The molecule has 0 aliphatic heterocycles. The first-order chi connectivity index (χ1) is 7.26. The van der Waals surface area contributed by atoms with E-state index in [0.29, 0.717) is 6.04 Å². The largest absolute Gasteiger partial charge is 0.497 e. The van der Waals surface area contributed by atoms with Gasteiger partial charge in [0, 0.05) is 12.6 Å². The fourth-order valence-electron chi connectivity index (χ4n) is 1.57. The van der Waals surface area contributed by atoms with E-state index in [9.17, 15) is 0 Å². The number of ether oxygens (including phenoxy) is 1. The van der Waals surface area contributed by atoms with Crippen LogP contribution in [-0.4, -0.2) is 13.2 Å². The smallest absolute Gasteiger partial charge is 0.118 e. The quantitative estimate of drug-likeness (QED) is 0.774. The second-order valence-corrected chi connectivity index (χ2v) is 3.92. The summed E-state index contributed by atoms with van der Waals surface area (Å²) in [7, 11) is 1.69. The standard InChI is InChI=1S/C13H21NO/c1-4-5-11(2)14-10-12-6-8-13(15-3)9-7-12/h6-9,11,14H,4-5,10H2,1-3H3/t11-/m0/s1. The summed E-state index contributed by atoms with van der Waals surface area (Å²) in [5.74, 6) is 0.917. The fourth-order valence-corrected chi connectivity index (χ4v) is 1.57. The van der Waals surface area contributed by atoms with E-state index in [-0.39, 0.29) is 0 Å². The summed E-state index contributed by atoms with van der Waals surface area (Å²) in [5.41, 5.74) is 1.30. The first-order valence-corrected chi connectivity index (χ1v) is 5.62. The highest BCUT2D eigenvalue weighted by Crippen LogP contribution is 2.11. The first-order valence-electron chi connectivity index (χ1n) is 5.62. The van der Waals surface area contributed by atoms with Crippen LogP contribution in [0.3, 0.4) is 0 Å². The van der Waals surface area contributed by atoms with Crippen molar-refractivity contribution in [1.29, 1.82) is 0 Å². The monoisotopic (exact) mass is 207 g/mol. The lowest BCUT2D eigenvalue weighted by atomic mass is 10.1. The van der Waals surface area contributed by atoms with Crippen LogP contribution in [0.25, 0.3) is 0 Å². The number of hydrogen-bond acceptors (Lipinski definition) is 2. The van der Waals surface area contributed by atoms with Crippen LogP contribution in [0.4, 0.5) is 0 Å². The number of methoxy groups -OCH3 is 1. The number of nitrogens with one attached hydrogen (secondary N) is 1. The molecule has 0 spiro atoms. The molecule has 0 unspecified atom stereocenters. The van der Waals surface area contributed by atoms with Crippen molar-refractivity contribution in [2.45, 2.75) is 39.3 Å². The zero-order valence-electron chi connectivity index (χ0n) is 9.92. The second-order valence-electron chi connectivity index (χ2n) is 3.92. The molecule has 0 fully saturated rings. The summed E-state index contributed by atoms with van der Waals surface area (Å²) >= 11 is 0. The van der Waals surface area contributed by atoms with Gasteiger partial charge in [-0.05, 0) is 31.0 Å². The average Bonchev–Trinajstić information content (AvgIpc) is 2.27. The van der Waals surface area contributed by atoms with Gasteiger partial charge in [-0.2, -0.15) is 0 Å². The summed E-state index contributed by atoms with van der Waals surface area (Å²) in [6.45, 7) is 5.38. The molecule has 0 bridgehead atoms. The van der Waals surface area contributed by atoms with E-state index < -0.39 is 0 Å². The van der Waals surface area contributed by atoms with Crippen LogP contribution in [0.2, 0.25) is 0 Å². The van der Waals surface area contributed by atoms with E-state index in [1.807, 2.05) is 12.1 Å². The van der Waals surface area contributed by atoms with Crippen molar-refractivity contribution in [3.05, 3.63) is 29.8 Å². The van der Waals surface area contributed by atoms with Gasteiger partial charge in [-0.25, -0.2) is 0 Å². The Kier molecular flexibility index (Phi) is 5.19. The molecule has 15 heavy (non-hydrogen) atoms. The third-order valence-electron chi connectivity index (χ3n) is 2.54. The highest BCUT2D eigenvalue weighted by molar-refractivity contribution is 5.26. The van der Waals surface area contributed by atoms with Crippen LogP contribution in [-0.2, 0) is 6.54 Å². The van der Waals surface area contributed by atoms with E-state index in [4.69, 9.17) is 4.74 Å². The van der Waals surface area contributed by atoms with Gasteiger partial charge in [0.25, 0.3) is 0 Å². The topological polar surface area (TPSA) is 21.3 Å². The Morgan fingerprint density at radius 2 is 1.93 bits per heavy atom. The zero-order chi connectivity index (χ0) is 11.1. The Hall–Kier alpha value is -1.02. The lowest BCUT2D eigenvalue weighted by Crippen LogP contribution is -2.24. The van der Waals surface area contributed by atoms with Crippen molar-refractivity contribution in [3.8, 4) is 5.75 Å². The highest BCUT2D eigenvalue weighted by atomic mass is 16.5. The second kappa shape index (κ2) is 6.46. The SMILES string of the molecule is CCC[C@H](C)NCc1ccc(OC)cc1. The van der Waals surface area contributed by atoms with Crippen molar-refractivity contribution >= 4 is 0 Å². The maximum absolute atomic E-state index is 5.11. The Morgan fingerprint density at radius 3 is 2.47 bits per heavy atom. The van der Waals surface area contributed by atoms with Gasteiger partial charge in [-0.15, -0.1) is 0 Å². The third kappa shape index (κ3) is 4.34. The van der Waals surface area contributed by atoms with E-state index in [2.05, 4.69) is 31.3 Å². The van der Waals surface area contributed by atoms with Gasteiger partial charge >= 0.3 is 0 Å². The van der Waals surface area contributed by atoms with Crippen LogP contribution >= 0.6 is 0 Å². The number of benzene rings is 1. The van der Waals surface area contributed by atoms with Gasteiger partial charge in [-0.3, -0.25) is 0 Å². The molecule has 0 saturated carbocycles. The molecular formula is C13H21NO. The zero-order valence-corrected chi connectivity index (χ0v) is 9.92. The molecule has 0 radical (unpaired) electrons. The summed E-state index contributed by atoms with van der Waals surface area (Å²) < 4.78 is 5.11. The molecule has 0 heterocycles. The highest BCUT2D eigenvalue weighted by Gasteiger charge is 1.99. The lowest BCUT2D eigenvalue weighted by Gasteiger charge is -2.12. The summed E-state index contributed by atoms with van der Waals surface area (Å²) in [6.07, 6.45) is 2.47. The van der Waals surface area contributed by atoms with Gasteiger partial charge in [0.15, 0.2) is 0 Å². The minimum atomic E-state index is 0.595. The Balaban J connectivity index is 2.37. The average molecular weight is 207 g/mol. The molecule has 1 aromatic rings. The molecule has 84 valence electrons. The van der Waals surface area contributed by atoms with Crippen molar-refractivity contribution in [3.63, 3.8) is 0 Å². The Bertz CT molecular complexity index is 268. The van der Waals surface area contributed by atoms with E-state index >= 15 is 0 Å². The third-order valence-corrected chi connectivity index (χ3v) is 2.54. The first kappa shape index (κ1) is 12.1. The summed E-state index contributed by atoms with van der Waals surface area (Å²) in [5, 5.41) is 3.50. The van der Waals surface area contributed by atoms with Crippen molar-refractivity contribution in [2.24, 2.45) is 0 Å². The number of rotatable bonds is 6. The van der Waals surface area contributed by atoms with Crippen LogP contribution < -0.4 is 10.1 Å². The predicted molar refractivity (Wildman–Crippen MR) is 64.2 cm³/mol. The molecule has 1 rings (SSSR count). The maximum Gasteiger partial charge on any atom is 0.118 e. The normalized spacial score (nSPS) is 12.5. The summed E-state index contributed by atoms with van der Waals surface area (Å²) in [6, 6.07) is 8.80. The fraction of sp³-hybridized carbons (Fsp3) is 0.538. The van der Waals surface area contributed by atoms with Crippen LogP contribution in [0.15, 0.2) is 24.3 Å². The van der Waals surface area contributed by atoms with Crippen molar-refractivity contribution < 1.29 is 4.74 Å². The van der Waals surface area contributed by atoms with Crippen LogP contribution in [0.5, 0.6) is 5.75 Å². The van der Waals surface area contributed by atoms with Crippen LogP contribution in [0.1, 0.15) is 32.3 Å². The molecule has 0 aliphatic carbocycles. The van der Waals surface area contributed by atoms with E-state index in [1.54, 1.807) is 7.11 Å². The van der Waals surface area contributed by atoms with Gasteiger partial charge in [0.2, 0.25) is 0 Å². The Labute approximate surface area is 92.6 Å². The minimum absolute atomic E-state index is 0.595. The molecule has 1 aromatic carbocycles. The molecule has 0 aromatic heterocycles. The molecule has 0 aliphatic rings. The van der Waals surface area contributed by atoms with Gasteiger partial charge < -0.3 is 10.1 Å². The number of hydrogen-bond donors (Lipinski definition) is 1. The summed E-state index contributed by atoms with van der Waals surface area (Å²) in [4.78, 5) is 0. The molecule has 2 nitrogen and oxygen atoms in total. The molecule has 1 atom stereocenters. The predicted octanol–water partition coefficient (Wildman–Crippen LogP) is 2.97. The van der Waals surface area contributed by atoms with E-state index in [1.165, 1.54) is 18.4 Å². The van der Waals surface area contributed by atoms with Crippen molar-refractivity contribution in [2.75, 3.05) is 7.11 Å². The van der Waals surface area contributed by atoms with Gasteiger partial charge in [-0.1, -0.05) is 25.5 Å². The molecular weight excluding hydrogens is 186 g/mol. The Morgan fingerprint density at radius 1 is 1.27 bits per heavy atom.